The number of esters is 1. The van der Waals surface area contributed by atoms with Crippen molar-refractivity contribution in [3.05, 3.63) is 60.3 Å². The molecular formula is C22H33NO5. The Hall–Kier alpha value is -1.99. The van der Waals surface area contributed by atoms with Crippen molar-refractivity contribution in [3.63, 3.8) is 0 Å². The Morgan fingerprint density at radius 1 is 1.25 bits per heavy atom. The van der Waals surface area contributed by atoms with Crippen molar-refractivity contribution in [2.24, 2.45) is 11.7 Å². The summed E-state index contributed by atoms with van der Waals surface area (Å²) in [6, 6.07) is 0. The van der Waals surface area contributed by atoms with Crippen molar-refractivity contribution in [2.75, 3.05) is 20.8 Å². The summed E-state index contributed by atoms with van der Waals surface area (Å²) in [5.74, 6) is -0.324. The van der Waals surface area contributed by atoms with Gasteiger partial charge in [0.25, 0.3) is 0 Å². The van der Waals surface area contributed by atoms with Gasteiger partial charge in [-0.2, -0.15) is 0 Å². The normalized spacial score (nSPS) is 26.1. The summed E-state index contributed by atoms with van der Waals surface area (Å²) < 4.78 is 16.2. The monoisotopic (exact) mass is 391 g/mol. The largest absolute Gasteiger partial charge is 0.466 e. The lowest BCUT2D eigenvalue weighted by atomic mass is 9.90. The molecule has 0 aliphatic carbocycles. The van der Waals surface area contributed by atoms with Gasteiger partial charge < -0.3 is 25.1 Å². The van der Waals surface area contributed by atoms with E-state index in [2.05, 4.69) is 11.7 Å². The molecule has 5 unspecified atom stereocenters. The molecule has 6 heteroatoms. The van der Waals surface area contributed by atoms with E-state index in [0.717, 1.165) is 5.57 Å². The maximum atomic E-state index is 11.0. The van der Waals surface area contributed by atoms with Gasteiger partial charge in [-0.1, -0.05) is 55.5 Å². The van der Waals surface area contributed by atoms with E-state index in [1.54, 1.807) is 31.4 Å². The number of methoxy groups -OCH3 is 2. The molecule has 0 bridgehead atoms. The van der Waals surface area contributed by atoms with Crippen molar-refractivity contribution in [1.29, 1.82) is 0 Å². The Morgan fingerprint density at radius 2 is 1.96 bits per heavy atom. The van der Waals surface area contributed by atoms with Gasteiger partial charge in [0.2, 0.25) is 0 Å². The van der Waals surface area contributed by atoms with Crippen LogP contribution >= 0.6 is 0 Å². The van der Waals surface area contributed by atoms with Crippen molar-refractivity contribution >= 4 is 5.97 Å². The number of hydrogen-bond donors (Lipinski definition) is 2. The summed E-state index contributed by atoms with van der Waals surface area (Å²) in [7, 11) is 3.01. The van der Waals surface area contributed by atoms with Crippen LogP contribution < -0.4 is 5.73 Å². The number of nitrogens with two attached hydrogens (primary N) is 1. The quantitative estimate of drug-likeness (QED) is 0.338. The maximum Gasteiger partial charge on any atom is 0.330 e. The van der Waals surface area contributed by atoms with Crippen molar-refractivity contribution in [3.8, 4) is 0 Å². The zero-order valence-electron chi connectivity index (χ0n) is 17.2. The molecule has 0 aromatic rings. The van der Waals surface area contributed by atoms with Crippen LogP contribution in [0, 0.1) is 5.92 Å². The van der Waals surface area contributed by atoms with Crippen LogP contribution in [0.3, 0.4) is 0 Å². The fourth-order valence-electron chi connectivity index (χ4n) is 3.14. The molecule has 0 amide bonds. The molecule has 5 atom stereocenters. The molecule has 3 N–H and O–H groups in total. The predicted molar refractivity (Wildman–Crippen MR) is 111 cm³/mol. The average Bonchev–Trinajstić information content (AvgIpc) is 3.05. The van der Waals surface area contributed by atoms with Gasteiger partial charge in [-0.3, -0.25) is 0 Å². The minimum atomic E-state index is -0.568. The van der Waals surface area contributed by atoms with Gasteiger partial charge in [0, 0.05) is 32.1 Å². The average molecular weight is 392 g/mol. The fourth-order valence-corrected chi connectivity index (χ4v) is 3.14. The standard InChI is InChI=1S/C22H33NO5/c1-16(11-9-10-14-23)22(27-4)17(2)20-15-18(24)19(28-20)12-7-5-6-8-13-21(25)26-3/h5-13,17-20,22,24H,14-15,23H2,1-4H3/b6-5+,10-9+,12-7+,13-8+,16-11+. The molecule has 0 radical (unpaired) electrons. The number of allylic oxidation sites excluding steroid dienone is 6. The van der Waals surface area contributed by atoms with Crippen LogP contribution in [0.1, 0.15) is 20.3 Å². The van der Waals surface area contributed by atoms with Crippen molar-refractivity contribution in [1.82, 2.24) is 0 Å². The molecular weight excluding hydrogens is 358 g/mol. The Labute approximate surface area is 168 Å². The highest BCUT2D eigenvalue weighted by Crippen LogP contribution is 2.31. The molecule has 1 saturated heterocycles. The van der Waals surface area contributed by atoms with Gasteiger partial charge in [-0.05, 0) is 12.5 Å². The first-order chi connectivity index (χ1) is 13.4. The molecule has 0 saturated carbocycles. The zero-order chi connectivity index (χ0) is 20.9. The Balaban J connectivity index is 2.65. The number of carbonyl (C=O) groups excluding carboxylic acids is 1. The predicted octanol–water partition coefficient (Wildman–Crippen LogP) is 2.46. The van der Waals surface area contributed by atoms with E-state index in [-0.39, 0.29) is 24.2 Å². The molecule has 28 heavy (non-hydrogen) atoms. The number of rotatable bonds is 10. The fraction of sp³-hybridized carbons (Fsp3) is 0.500. The number of aliphatic hydroxyl groups is 1. The van der Waals surface area contributed by atoms with Crippen LogP contribution in [0.15, 0.2) is 60.3 Å². The minimum Gasteiger partial charge on any atom is -0.466 e. The Kier molecular flexibility index (Phi) is 11.4. The van der Waals surface area contributed by atoms with Crippen LogP contribution in [-0.4, -0.2) is 56.3 Å². The summed E-state index contributed by atoms with van der Waals surface area (Å²) in [4.78, 5) is 11.0. The SMILES string of the molecule is COC(=O)/C=C/C=C/C=C/C1OC(C(C)C(OC)/C(C)=C/C=C/CN)CC1O. The molecule has 0 aromatic carbocycles. The van der Waals surface area contributed by atoms with Gasteiger partial charge in [0.05, 0.1) is 25.4 Å². The first-order valence-electron chi connectivity index (χ1n) is 9.43. The summed E-state index contributed by atoms with van der Waals surface area (Å²) in [5.41, 5.74) is 6.55. The van der Waals surface area contributed by atoms with Crippen LogP contribution in [0.4, 0.5) is 0 Å². The molecule has 1 aliphatic heterocycles. The van der Waals surface area contributed by atoms with Crippen LogP contribution in [0.5, 0.6) is 0 Å². The molecule has 0 spiro atoms. The first kappa shape index (κ1) is 24.0. The summed E-state index contributed by atoms with van der Waals surface area (Å²) in [5, 5.41) is 10.3. The second-order valence-corrected chi connectivity index (χ2v) is 6.68. The maximum absolute atomic E-state index is 11.0. The molecule has 1 rings (SSSR count). The molecule has 1 aliphatic rings. The van der Waals surface area contributed by atoms with E-state index >= 15 is 0 Å². The molecule has 0 aromatic heterocycles. The smallest absolute Gasteiger partial charge is 0.330 e. The van der Waals surface area contributed by atoms with Gasteiger partial charge in [0.1, 0.15) is 6.10 Å². The molecule has 1 fully saturated rings. The van der Waals surface area contributed by atoms with Gasteiger partial charge >= 0.3 is 5.97 Å². The Morgan fingerprint density at radius 3 is 2.61 bits per heavy atom. The van der Waals surface area contributed by atoms with Crippen molar-refractivity contribution < 1.29 is 24.1 Å². The summed E-state index contributed by atoms with van der Waals surface area (Å²) in [6.45, 7) is 4.58. The third-order valence-electron chi connectivity index (χ3n) is 4.65. The lowest BCUT2D eigenvalue weighted by molar-refractivity contribution is -0.134. The second-order valence-electron chi connectivity index (χ2n) is 6.68. The topological polar surface area (TPSA) is 91.0 Å². The highest BCUT2D eigenvalue weighted by molar-refractivity contribution is 5.82. The Bertz CT molecular complexity index is 620. The number of aliphatic hydroxyl groups excluding tert-OH is 1. The molecule has 1 heterocycles. The summed E-state index contributed by atoms with van der Waals surface area (Å²) in [6.07, 6.45) is 15.2. The van der Waals surface area contributed by atoms with Gasteiger partial charge in [-0.25, -0.2) is 4.79 Å². The van der Waals surface area contributed by atoms with E-state index in [9.17, 15) is 9.90 Å². The van der Waals surface area contributed by atoms with E-state index in [1.165, 1.54) is 13.2 Å². The highest BCUT2D eigenvalue weighted by Gasteiger charge is 2.38. The van der Waals surface area contributed by atoms with Crippen LogP contribution in [0.2, 0.25) is 0 Å². The van der Waals surface area contributed by atoms with E-state index in [4.69, 9.17) is 15.2 Å². The third kappa shape index (κ3) is 7.94. The van der Waals surface area contributed by atoms with Gasteiger partial charge in [0.15, 0.2) is 0 Å². The third-order valence-corrected chi connectivity index (χ3v) is 4.65. The van der Waals surface area contributed by atoms with E-state index in [0.29, 0.717) is 13.0 Å². The minimum absolute atomic E-state index is 0.0825. The molecule has 6 nitrogen and oxygen atoms in total. The van der Waals surface area contributed by atoms with Crippen LogP contribution in [-0.2, 0) is 19.0 Å². The number of hydrogen-bond acceptors (Lipinski definition) is 6. The number of carbonyl (C=O) groups is 1. The van der Waals surface area contributed by atoms with Gasteiger partial charge in [-0.15, -0.1) is 0 Å². The highest BCUT2D eigenvalue weighted by atomic mass is 16.5. The zero-order valence-corrected chi connectivity index (χ0v) is 17.2. The lowest BCUT2D eigenvalue weighted by Gasteiger charge is -2.28. The first-order valence-corrected chi connectivity index (χ1v) is 9.43. The summed E-state index contributed by atoms with van der Waals surface area (Å²) >= 11 is 0. The van der Waals surface area contributed by atoms with E-state index < -0.39 is 12.1 Å². The second kappa shape index (κ2) is 13.2. The number of ether oxygens (including phenoxy) is 3. The van der Waals surface area contributed by atoms with Crippen molar-refractivity contribution in [2.45, 2.75) is 44.7 Å². The van der Waals surface area contributed by atoms with Crippen LogP contribution in [0.25, 0.3) is 0 Å². The molecule has 156 valence electrons. The van der Waals surface area contributed by atoms with E-state index in [1.807, 2.05) is 31.2 Å². The lowest BCUT2D eigenvalue weighted by Crippen LogP contribution is -2.32.